The van der Waals surface area contributed by atoms with Gasteiger partial charge in [-0.2, -0.15) is 5.26 Å². The minimum atomic E-state index is -0.479. The fourth-order valence-electron chi connectivity index (χ4n) is 2.54. The molecule has 2 unspecified atom stereocenters. The van der Waals surface area contributed by atoms with E-state index in [9.17, 15) is 9.18 Å². The largest absolute Gasteiger partial charge is 0.439 e. The summed E-state index contributed by atoms with van der Waals surface area (Å²) in [6.45, 7) is 0. The number of amides is 1. The molecule has 2 aromatic carbocycles. The number of alkyl carbamates (subject to hydrolysis) is 1. The third-order valence-corrected chi connectivity index (χ3v) is 3.64. The molecule has 1 heterocycles. The molecule has 110 valence electrons. The second kappa shape index (κ2) is 5.86. The van der Waals surface area contributed by atoms with E-state index in [-0.39, 0.29) is 11.9 Å². The lowest BCUT2D eigenvalue weighted by molar-refractivity contribution is 0.132. The fourth-order valence-corrected chi connectivity index (χ4v) is 2.54. The molecule has 3 rings (SSSR count). The lowest BCUT2D eigenvalue weighted by atomic mass is 9.96. The Bertz CT molecular complexity index is 720. The summed E-state index contributed by atoms with van der Waals surface area (Å²) in [7, 11) is 0. The second-order valence-electron chi connectivity index (χ2n) is 5.14. The molecule has 4 nitrogen and oxygen atoms in total. The van der Waals surface area contributed by atoms with Crippen molar-refractivity contribution in [1.29, 1.82) is 5.26 Å². The van der Waals surface area contributed by atoms with Crippen molar-refractivity contribution in [2.24, 2.45) is 0 Å². The molecule has 1 amide bonds. The van der Waals surface area contributed by atoms with Crippen LogP contribution >= 0.6 is 0 Å². The molecule has 0 spiro atoms. The van der Waals surface area contributed by atoms with Crippen LogP contribution in [-0.2, 0) is 11.2 Å². The van der Waals surface area contributed by atoms with Crippen LogP contribution in [0.5, 0.6) is 0 Å². The Hall–Kier alpha value is -2.87. The molecule has 1 N–H and O–H groups in total. The van der Waals surface area contributed by atoms with Crippen LogP contribution < -0.4 is 5.32 Å². The number of cyclic esters (lactones) is 1. The van der Waals surface area contributed by atoms with Gasteiger partial charge in [-0.1, -0.05) is 24.3 Å². The van der Waals surface area contributed by atoms with Gasteiger partial charge in [0.15, 0.2) is 0 Å². The summed E-state index contributed by atoms with van der Waals surface area (Å²) in [4.78, 5) is 11.5. The number of hydrogen-bond donors (Lipinski definition) is 1. The van der Waals surface area contributed by atoms with Gasteiger partial charge in [0.05, 0.1) is 17.7 Å². The molecule has 2 atom stereocenters. The van der Waals surface area contributed by atoms with Crippen molar-refractivity contribution in [2.45, 2.75) is 18.6 Å². The topological polar surface area (TPSA) is 62.1 Å². The lowest BCUT2D eigenvalue weighted by Gasteiger charge is -2.17. The van der Waals surface area contributed by atoms with Crippen molar-refractivity contribution < 1.29 is 13.9 Å². The van der Waals surface area contributed by atoms with E-state index >= 15 is 0 Å². The minimum absolute atomic E-state index is 0.231. The van der Waals surface area contributed by atoms with Gasteiger partial charge in [0.2, 0.25) is 0 Å². The Morgan fingerprint density at radius 1 is 1.14 bits per heavy atom. The molecule has 22 heavy (non-hydrogen) atoms. The van der Waals surface area contributed by atoms with Crippen LogP contribution in [0.3, 0.4) is 0 Å². The quantitative estimate of drug-likeness (QED) is 0.946. The van der Waals surface area contributed by atoms with Crippen molar-refractivity contribution in [3.8, 4) is 6.07 Å². The van der Waals surface area contributed by atoms with E-state index in [1.165, 1.54) is 12.1 Å². The van der Waals surface area contributed by atoms with Gasteiger partial charge >= 0.3 is 6.09 Å². The van der Waals surface area contributed by atoms with Gasteiger partial charge in [-0.05, 0) is 41.8 Å². The molecular weight excluding hydrogens is 283 g/mol. The summed E-state index contributed by atoms with van der Waals surface area (Å²) in [5.74, 6) is -0.329. The smallest absolute Gasteiger partial charge is 0.408 e. The zero-order valence-electron chi connectivity index (χ0n) is 11.6. The number of benzene rings is 2. The van der Waals surface area contributed by atoms with Crippen molar-refractivity contribution >= 4 is 6.09 Å². The van der Waals surface area contributed by atoms with Crippen molar-refractivity contribution in [1.82, 2.24) is 5.32 Å². The van der Waals surface area contributed by atoms with E-state index < -0.39 is 12.2 Å². The van der Waals surface area contributed by atoms with E-state index in [0.717, 1.165) is 11.1 Å². The van der Waals surface area contributed by atoms with Crippen molar-refractivity contribution in [2.75, 3.05) is 0 Å². The van der Waals surface area contributed by atoms with Crippen LogP contribution in [0.2, 0.25) is 0 Å². The monoisotopic (exact) mass is 296 g/mol. The number of nitrogens with one attached hydrogen (secondary N) is 1. The molecule has 1 aliphatic heterocycles. The first-order chi connectivity index (χ1) is 10.7. The van der Waals surface area contributed by atoms with Crippen LogP contribution in [-0.4, -0.2) is 12.1 Å². The Morgan fingerprint density at radius 3 is 2.45 bits per heavy atom. The molecule has 0 aliphatic carbocycles. The first-order valence-corrected chi connectivity index (χ1v) is 6.87. The van der Waals surface area contributed by atoms with Gasteiger partial charge < -0.3 is 10.1 Å². The van der Waals surface area contributed by atoms with Crippen LogP contribution in [0, 0.1) is 17.1 Å². The zero-order chi connectivity index (χ0) is 15.5. The lowest BCUT2D eigenvalue weighted by Crippen LogP contribution is -2.30. The third-order valence-electron chi connectivity index (χ3n) is 3.64. The normalized spacial score (nSPS) is 20.1. The van der Waals surface area contributed by atoms with E-state index in [1.54, 1.807) is 24.3 Å². The molecule has 0 bridgehead atoms. The average Bonchev–Trinajstić information content (AvgIpc) is 2.89. The minimum Gasteiger partial charge on any atom is -0.439 e. The van der Waals surface area contributed by atoms with Gasteiger partial charge in [-0.25, -0.2) is 9.18 Å². The van der Waals surface area contributed by atoms with Crippen molar-refractivity contribution in [3.63, 3.8) is 0 Å². The highest BCUT2D eigenvalue weighted by atomic mass is 19.1. The summed E-state index contributed by atoms with van der Waals surface area (Å²) in [5.41, 5.74) is 2.32. The molecule has 0 saturated carbocycles. The van der Waals surface area contributed by atoms with Crippen LogP contribution in [0.15, 0.2) is 48.5 Å². The summed E-state index contributed by atoms with van der Waals surface area (Å²) >= 11 is 0. The van der Waals surface area contributed by atoms with Crippen LogP contribution in [0.4, 0.5) is 9.18 Å². The van der Waals surface area contributed by atoms with Crippen molar-refractivity contribution in [3.05, 3.63) is 71.0 Å². The van der Waals surface area contributed by atoms with E-state index in [0.29, 0.717) is 12.0 Å². The molecule has 0 aromatic heterocycles. The highest BCUT2D eigenvalue weighted by Crippen LogP contribution is 2.28. The Labute approximate surface area is 127 Å². The first-order valence-electron chi connectivity index (χ1n) is 6.87. The molecule has 2 aromatic rings. The first kappa shape index (κ1) is 14.1. The zero-order valence-corrected chi connectivity index (χ0v) is 11.6. The Kier molecular flexibility index (Phi) is 3.75. The molecular formula is C17H13FN2O2. The molecule has 5 heteroatoms. The number of carbonyl (C=O) groups excluding carboxylic acids is 1. The second-order valence-corrected chi connectivity index (χ2v) is 5.14. The van der Waals surface area contributed by atoms with Gasteiger partial charge in [-0.3, -0.25) is 0 Å². The number of halogens is 1. The third kappa shape index (κ3) is 2.91. The van der Waals surface area contributed by atoms with E-state index in [4.69, 9.17) is 10.00 Å². The van der Waals surface area contributed by atoms with Crippen LogP contribution in [0.25, 0.3) is 0 Å². The van der Waals surface area contributed by atoms with E-state index in [2.05, 4.69) is 11.4 Å². The highest BCUT2D eigenvalue weighted by Gasteiger charge is 2.35. The maximum Gasteiger partial charge on any atom is 0.408 e. The Morgan fingerprint density at radius 2 is 1.82 bits per heavy atom. The average molecular weight is 296 g/mol. The Balaban J connectivity index is 1.79. The number of rotatable bonds is 3. The number of nitriles is 1. The van der Waals surface area contributed by atoms with E-state index in [1.807, 2.05) is 12.1 Å². The summed E-state index contributed by atoms with van der Waals surface area (Å²) < 4.78 is 18.3. The maximum atomic E-state index is 13.0. The summed E-state index contributed by atoms with van der Waals surface area (Å²) in [6.07, 6.45) is -0.365. The number of ether oxygens (including phenoxy) is 1. The molecule has 1 fully saturated rings. The number of carbonyl (C=O) groups is 1. The molecule has 0 radical (unpaired) electrons. The molecule has 1 aliphatic rings. The summed E-state index contributed by atoms with van der Waals surface area (Å²) in [5, 5.41) is 11.6. The number of nitrogens with zero attached hydrogens (tertiary/aromatic N) is 1. The summed E-state index contributed by atoms with van der Waals surface area (Å²) in [6, 6.07) is 14.9. The maximum absolute atomic E-state index is 13.0. The molecule has 1 saturated heterocycles. The van der Waals surface area contributed by atoms with Gasteiger partial charge in [0, 0.05) is 0 Å². The standard InChI is InChI=1S/C17H13FN2O2/c18-14-7-5-13(6-8-14)16-15(20-17(21)22-16)9-11-1-3-12(10-19)4-2-11/h1-8,15-16H,9H2,(H,20,21). The van der Waals surface area contributed by atoms with Gasteiger partial charge in [-0.15, -0.1) is 0 Å². The predicted octanol–water partition coefficient (Wildman–Crippen LogP) is 3.09. The van der Waals surface area contributed by atoms with Gasteiger partial charge in [0.1, 0.15) is 11.9 Å². The SMILES string of the molecule is N#Cc1ccc(CC2NC(=O)OC2c2ccc(F)cc2)cc1. The van der Waals surface area contributed by atoms with Gasteiger partial charge in [0.25, 0.3) is 0 Å². The fraction of sp³-hybridized carbons (Fsp3) is 0.176. The predicted molar refractivity (Wildman–Crippen MR) is 77.4 cm³/mol. The highest BCUT2D eigenvalue weighted by molar-refractivity contribution is 5.70. The number of hydrogen-bond acceptors (Lipinski definition) is 3. The van der Waals surface area contributed by atoms with Crippen LogP contribution in [0.1, 0.15) is 22.8 Å².